The number of likely N-dealkylation sites (tertiary alicyclic amines) is 1. The van der Waals surface area contributed by atoms with E-state index >= 15 is 0 Å². The normalized spacial score (nSPS) is 18.3. The second kappa shape index (κ2) is 10.4. The Morgan fingerprint density at radius 1 is 1.14 bits per heavy atom. The van der Waals surface area contributed by atoms with Gasteiger partial charge in [0.25, 0.3) is 5.91 Å². The maximum absolute atomic E-state index is 13.5. The number of pyridine rings is 1. The van der Waals surface area contributed by atoms with Gasteiger partial charge in [0.05, 0.1) is 6.10 Å². The number of hydrogen-bond acceptors (Lipinski definition) is 5. The molecule has 3 aromatic rings. The number of β-amino-alcohol motifs (C(OH)–C–C–N with tert-alkyl or cyclic N) is 1. The SMILES string of the molecule is CCc1cc(-c2ccc3c(c2)C(=O)N(C)CC3)cnc1SC(C(=O)N1CC[C@H](O)C1)c1ccccc1. The number of aliphatic hydroxyl groups excluding tert-OH is 1. The number of aryl methyl sites for hydroxylation is 1. The maximum Gasteiger partial charge on any atom is 0.253 e. The summed E-state index contributed by atoms with van der Waals surface area (Å²) in [5.41, 5.74) is 5.78. The first-order valence-electron chi connectivity index (χ1n) is 12.5. The van der Waals surface area contributed by atoms with E-state index in [1.165, 1.54) is 11.8 Å². The fourth-order valence-corrected chi connectivity index (χ4v) is 6.13. The number of fused-ring (bicyclic) bond motifs is 1. The highest BCUT2D eigenvalue weighted by Crippen LogP contribution is 2.39. The van der Waals surface area contributed by atoms with E-state index in [9.17, 15) is 14.7 Å². The monoisotopic (exact) mass is 501 g/mol. The van der Waals surface area contributed by atoms with Gasteiger partial charge < -0.3 is 14.9 Å². The topological polar surface area (TPSA) is 73.7 Å². The quantitative estimate of drug-likeness (QED) is 0.508. The third-order valence-electron chi connectivity index (χ3n) is 7.07. The van der Waals surface area contributed by atoms with Crippen molar-refractivity contribution in [3.63, 3.8) is 0 Å². The number of thioether (sulfide) groups is 1. The molecule has 0 radical (unpaired) electrons. The second-order valence-electron chi connectivity index (χ2n) is 9.53. The molecule has 2 atom stereocenters. The number of aromatic nitrogens is 1. The van der Waals surface area contributed by atoms with Gasteiger partial charge in [-0.2, -0.15) is 0 Å². The lowest BCUT2D eigenvalue weighted by Gasteiger charge is -2.25. The van der Waals surface area contributed by atoms with Crippen molar-refractivity contribution in [1.29, 1.82) is 0 Å². The Hall–Kier alpha value is -3.16. The number of carbonyl (C=O) groups excluding carboxylic acids is 2. The average molecular weight is 502 g/mol. The molecule has 1 unspecified atom stereocenters. The van der Waals surface area contributed by atoms with Crippen LogP contribution in [0, 0.1) is 0 Å². The van der Waals surface area contributed by atoms with Gasteiger partial charge in [0.15, 0.2) is 0 Å². The van der Waals surface area contributed by atoms with Crippen LogP contribution >= 0.6 is 11.8 Å². The Morgan fingerprint density at radius 3 is 2.67 bits per heavy atom. The predicted molar refractivity (Wildman–Crippen MR) is 142 cm³/mol. The first-order valence-corrected chi connectivity index (χ1v) is 13.4. The van der Waals surface area contributed by atoms with Crippen LogP contribution < -0.4 is 0 Å². The number of benzene rings is 2. The molecule has 0 bridgehead atoms. The van der Waals surface area contributed by atoms with Gasteiger partial charge in [-0.25, -0.2) is 4.98 Å². The van der Waals surface area contributed by atoms with Crippen molar-refractivity contribution in [1.82, 2.24) is 14.8 Å². The van der Waals surface area contributed by atoms with E-state index in [-0.39, 0.29) is 11.8 Å². The van der Waals surface area contributed by atoms with E-state index < -0.39 is 11.4 Å². The predicted octanol–water partition coefficient (Wildman–Crippen LogP) is 4.37. The summed E-state index contributed by atoms with van der Waals surface area (Å²) in [6.07, 6.45) is 3.64. The van der Waals surface area contributed by atoms with Crippen LogP contribution in [0.1, 0.15) is 45.6 Å². The first-order chi connectivity index (χ1) is 17.4. The molecule has 1 aromatic heterocycles. The standard InChI is InChI=1S/C29H31N3O3S/c1-3-19-15-23(22-10-9-20-11-13-31(2)28(34)25(20)16-22)17-30-27(19)36-26(21-7-5-4-6-8-21)29(35)32-14-12-24(33)18-32/h4-10,15-17,24,26,33H,3,11-14,18H2,1-2H3/t24-,26?/m0/s1. The van der Waals surface area contributed by atoms with E-state index in [4.69, 9.17) is 4.98 Å². The Labute approximate surface area is 216 Å². The fraction of sp³-hybridized carbons (Fsp3) is 0.345. The van der Waals surface area contributed by atoms with Gasteiger partial charge in [0, 0.05) is 44.0 Å². The van der Waals surface area contributed by atoms with Crippen LogP contribution in [0.2, 0.25) is 0 Å². The molecule has 1 fully saturated rings. The number of carbonyl (C=O) groups is 2. The maximum atomic E-state index is 13.5. The van der Waals surface area contributed by atoms with Gasteiger partial charge in [-0.15, -0.1) is 0 Å². The molecule has 5 rings (SSSR count). The molecular formula is C29H31N3O3S. The van der Waals surface area contributed by atoms with Gasteiger partial charge in [-0.1, -0.05) is 61.2 Å². The molecule has 2 aliphatic heterocycles. The number of amides is 2. The molecule has 1 N–H and O–H groups in total. The molecule has 186 valence electrons. The lowest BCUT2D eigenvalue weighted by Crippen LogP contribution is -2.34. The van der Waals surface area contributed by atoms with Crippen molar-refractivity contribution in [2.45, 2.75) is 42.6 Å². The number of likely N-dealkylation sites (N-methyl/N-ethyl adjacent to an activating group) is 1. The molecule has 36 heavy (non-hydrogen) atoms. The lowest BCUT2D eigenvalue weighted by molar-refractivity contribution is -0.130. The smallest absolute Gasteiger partial charge is 0.253 e. The summed E-state index contributed by atoms with van der Waals surface area (Å²) in [6.45, 7) is 3.79. The van der Waals surface area contributed by atoms with Crippen molar-refractivity contribution in [2.75, 3.05) is 26.7 Å². The molecule has 0 saturated carbocycles. The van der Waals surface area contributed by atoms with E-state index in [0.717, 1.165) is 57.8 Å². The van der Waals surface area contributed by atoms with Crippen LogP contribution in [0.25, 0.3) is 11.1 Å². The van der Waals surface area contributed by atoms with Crippen molar-refractivity contribution in [3.8, 4) is 11.1 Å². The number of aliphatic hydroxyl groups is 1. The van der Waals surface area contributed by atoms with Gasteiger partial charge >= 0.3 is 0 Å². The van der Waals surface area contributed by atoms with Crippen LogP contribution in [0.3, 0.4) is 0 Å². The van der Waals surface area contributed by atoms with Gasteiger partial charge in [-0.05, 0) is 53.6 Å². The minimum Gasteiger partial charge on any atom is -0.391 e. The zero-order chi connectivity index (χ0) is 25.2. The summed E-state index contributed by atoms with van der Waals surface area (Å²) < 4.78 is 0. The molecule has 6 nitrogen and oxygen atoms in total. The summed E-state index contributed by atoms with van der Waals surface area (Å²) in [7, 11) is 1.84. The molecular weight excluding hydrogens is 470 g/mol. The third-order valence-corrected chi connectivity index (χ3v) is 8.37. The van der Waals surface area contributed by atoms with Crippen molar-refractivity contribution >= 4 is 23.6 Å². The van der Waals surface area contributed by atoms with Crippen LogP contribution in [0.5, 0.6) is 0 Å². The Balaban J connectivity index is 1.45. The van der Waals surface area contributed by atoms with Crippen LogP contribution in [0.15, 0.2) is 65.8 Å². The molecule has 0 aliphatic carbocycles. The molecule has 1 saturated heterocycles. The minimum absolute atomic E-state index is 0.00741. The zero-order valence-corrected chi connectivity index (χ0v) is 21.5. The van der Waals surface area contributed by atoms with E-state index in [1.54, 1.807) is 9.80 Å². The highest BCUT2D eigenvalue weighted by Gasteiger charge is 2.32. The Bertz CT molecular complexity index is 1280. The molecule has 0 spiro atoms. The molecule has 7 heteroatoms. The first kappa shape index (κ1) is 24.5. The summed E-state index contributed by atoms with van der Waals surface area (Å²) >= 11 is 1.47. The highest BCUT2D eigenvalue weighted by atomic mass is 32.2. The average Bonchev–Trinajstić information content (AvgIpc) is 3.35. The molecule has 2 aromatic carbocycles. The largest absolute Gasteiger partial charge is 0.391 e. The molecule has 3 heterocycles. The minimum atomic E-state index is -0.456. The zero-order valence-electron chi connectivity index (χ0n) is 20.7. The summed E-state index contributed by atoms with van der Waals surface area (Å²) in [6, 6.07) is 18.0. The Kier molecular flexibility index (Phi) is 7.12. The van der Waals surface area contributed by atoms with Crippen molar-refractivity contribution < 1.29 is 14.7 Å². The number of rotatable bonds is 6. The van der Waals surface area contributed by atoms with Crippen molar-refractivity contribution in [2.24, 2.45) is 0 Å². The number of hydrogen-bond donors (Lipinski definition) is 1. The van der Waals surface area contributed by atoms with E-state index in [1.807, 2.05) is 49.6 Å². The highest BCUT2D eigenvalue weighted by molar-refractivity contribution is 8.00. The number of nitrogens with zero attached hydrogens (tertiary/aromatic N) is 3. The fourth-order valence-electron chi connectivity index (χ4n) is 4.89. The van der Waals surface area contributed by atoms with Crippen LogP contribution in [-0.4, -0.2) is 64.5 Å². The molecule has 2 aliphatic rings. The molecule has 2 amide bonds. The Morgan fingerprint density at radius 2 is 1.94 bits per heavy atom. The van der Waals surface area contributed by atoms with E-state index in [0.29, 0.717) is 19.5 Å². The summed E-state index contributed by atoms with van der Waals surface area (Å²) in [4.78, 5) is 34.5. The second-order valence-corrected chi connectivity index (χ2v) is 10.6. The van der Waals surface area contributed by atoms with E-state index in [2.05, 4.69) is 25.1 Å². The van der Waals surface area contributed by atoms with Gasteiger partial charge in [-0.3, -0.25) is 9.59 Å². The lowest BCUT2D eigenvalue weighted by atomic mass is 9.94. The van der Waals surface area contributed by atoms with Gasteiger partial charge in [0.2, 0.25) is 5.91 Å². The van der Waals surface area contributed by atoms with Gasteiger partial charge in [0.1, 0.15) is 10.3 Å². The van der Waals surface area contributed by atoms with Crippen LogP contribution in [0.4, 0.5) is 0 Å². The third kappa shape index (κ3) is 4.90. The summed E-state index contributed by atoms with van der Waals surface area (Å²) in [5.74, 6) is 0.0678. The van der Waals surface area contributed by atoms with Crippen LogP contribution in [-0.2, 0) is 17.6 Å². The van der Waals surface area contributed by atoms with Crippen molar-refractivity contribution in [3.05, 3.63) is 83.0 Å². The summed E-state index contributed by atoms with van der Waals surface area (Å²) in [5, 5.41) is 10.4.